The molecule has 1 aliphatic heterocycles. The second-order valence-electron chi connectivity index (χ2n) is 2.07. The van der Waals surface area contributed by atoms with E-state index in [1.807, 2.05) is 4.31 Å². The van der Waals surface area contributed by atoms with Gasteiger partial charge in [0, 0.05) is 13.1 Å². The standard InChI is InChI=1S/C4H10N2S3.Na.H/c7-3-1-6(9)2-4(8)5-3;;/h3-5,7-9H,1-2H2;;/q;+1;-1. The van der Waals surface area contributed by atoms with E-state index in [0.717, 1.165) is 13.1 Å². The maximum absolute atomic E-state index is 4.23. The molecule has 0 bridgehead atoms. The van der Waals surface area contributed by atoms with E-state index < -0.39 is 0 Å². The van der Waals surface area contributed by atoms with Crippen molar-refractivity contribution in [3.63, 3.8) is 0 Å². The van der Waals surface area contributed by atoms with Crippen molar-refractivity contribution in [3.8, 4) is 0 Å². The monoisotopic (exact) mass is 206 g/mol. The van der Waals surface area contributed by atoms with Crippen molar-refractivity contribution < 1.29 is 31.0 Å². The van der Waals surface area contributed by atoms with Crippen LogP contribution in [0.4, 0.5) is 0 Å². The Hall–Kier alpha value is 1.97. The summed E-state index contributed by atoms with van der Waals surface area (Å²) in [6, 6.07) is 0. The van der Waals surface area contributed by atoms with Crippen molar-refractivity contribution in [1.82, 2.24) is 9.62 Å². The molecule has 0 aromatic carbocycles. The van der Waals surface area contributed by atoms with E-state index in [2.05, 4.69) is 43.4 Å². The second kappa shape index (κ2) is 5.59. The summed E-state index contributed by atoms with van der Waals surface area (Å²) in [7, 11) is 0. The molecule has 6 heteroatoms. The van der Waals surface area contributed by atoms with Crippen molar-refractivity contribution in [1.29, 1.82) is 0 Å². The number of rotatable bonds is 0. The molecular formula is C4H11N2NaS3. The van der Waals surface area contributed by atoms with Crippen LogP contribution in [0.3, 0.4) is 0 Å². The van der Waals surface area contributed by atoms with Crippen LogP contribution < -0.4 is 34.9 Å². The van der Waals surface area contributed by atoms with Crippen LogP contribution in [-0.2, 0) is 0 Å². The third kappa shape index (κ3) is 4.11. The van der Waals surface area contributed by atoms with Gasteiger partial charge in [-0.2, -0.15) is 25.3 Å². The van der Waals surface area contributed by atoms with Gasteiger partial charge in [0.15, 0.2) is 0 Å². The molecule has 0 spiro atoms. The molecule has 0 amide bonds. The average molecular weight is 206 g/mol. The number of nitrogens with zero attached hydrogens (tertiary/aromatic N) is 1. The predicted molar refractivity (Wildman–Crippen MR) is 50.4 cm³/mol. The zero-order chi connectivity index (χ0) is 6.85. The Bertz CT molecular complexity index is 84.3. The van der Waals surface area contributed by atoms with E-state index in [1.54, 1.807) is 0 Å². The smallest absolute Gasteiger partial charge is 1.00 e. The molecule has 0 aromatic rings. The summed E-state index contributed by atoms with van der Waals surface area (Å²) in [4.78, 5) is 0. The Balaban J connectivity index is 0. The van der Waals surface area contributed by atoms with Crippen LogP contribution in [0.1, 0.15) is 1.43 Å². The Morgan fingerprint density at radius 2 is 1.70 bits per heavy atom. The number of hydrogen-bond acceptors (Lipinski definition) is 5. The van der Waals surface area contributed by atoms with Gasteiger partial charge in [-0.05, 0) is 0 Å². The normalized spacial score (nSPS) is 35.1. The van der Waals surface area contributed by atoms with Gasteiger partial charge < -0.3 is 1.43 Å². The molecule has 0 aromatic heterocycles. The molecular weight excluding hydrogens is 195 g/mol. The van der Waals surface area contributed by atoms with Gasteiger partial charge in [0.25, 0.3) is 0 Å². The van der Waals surface area contributed by atoms with Gasteiger partial charge in [-0.25, -0.2) is 4.31 Å². The largest absolute Gasteiger partial charge is 1.00 e. The van der Waals surface area contributed by atoms with Crippen LogP contribution in [-0.4, -0.2) is 28.1 Å². The van der Waals surface area contributed by atoms with Gasteiger partial charge >= 0.3 is 29.6 Å². The van der Waals surface area contributed by atoms with Crippen molar-refractivity contribution in [2.24, 2.45) is 0 Å². The van der Waals surface area contributed by atoms with Crippen LogP contribution in [0.5, 0.6) is 0 Å². The predicted octanol–water partition coefficient (Wildman–Crippen LogP) is -2.64. The van der Waals surface area contributed by atoms with Gasteiger partial charge in [-0.3, -0.25) is 5.32 Å². The maximum atomic E-state index is 4.23. The van der Waals surface area contributed by atoms with Gasteiger partial charge in [-0.1, -0.05) is 12.8 Å². The Labute approximate surface area is 102 Å². The van der Waals surface area contributed by atoms with E-state index in [0.29, 0.717) is 0 Å². The zero-order valence-electron chi connectivity index (χ0n) is 6.86. The van der Waals surface area contributed by atoms with E-state index >= 15 is 0 Å². The van der Waals surface area contributed by atoms with Crippen LogP contribution in [0.25, 0.3) is 0 Å². The first kappa shape index (κ1) is 12.0. The molecule has 0 radical (unpaired) electrons. The second-order valence-corrected chi connectivity index (χ2v) is 3.88. The first-order valence-corrected chi connectivity index (χ1v) is 4.18. The molecule has 56 valence electrons. The topological polar surface area (TPSA) is 15.3 Å². The maximum Gasteiger partial charge on any atom is 1.00 e. The number of thiol groups is 3. The SMILES string of the molecule is SC1CN(S)CC(S)N1.[H-].[Na+]. The fourth-order valence-corrected chi connectivity index (χ4v) is 2.26. The number of piperazine rings is 1. The van der Waals surface area contributed by atoms with Crippen LogP contribution >= 0.6 is 38.1 Å². The minimum atomic E-state index is 0. The van der Waals surface area contributed by atoms with Gasteiger partial charge in [0.05, 0.1) is 10.7 Å². The van der Waals surface area contributed by atoms with Crippen molar-refractivity contribution >= 4 is 38.1 Å². The summed E-state index contributed by atoms with van der Waals surface area (Å²) in [6.45, 7) is 1.73. The number of nitrogens with one attached hydrogen (secondary N) is 1. The molecule has 0 aliphatic carbocycles. The Morgan fingerprint density at radius 1 is 1.30 bits per heavy atom. The van der Waals surface area contributed by atoms with E-state index in [9.17, 15) is 0 Å². The molecule has 1 rings (SSSR count). The first-order chi connectivity index (χ1) is 4.18. The van der Waals surface area contributed by atoms with Crippen LogP contribution in [0.15, 0.2) is 0 Å². The molecule has 0 saturated carbocycles. The van der Waals surface area contributed by atoms with Gasteiger partial charge in [-0.15, -0.1) is 0 Å². The zero-order valence-corrected chi connectivity index (χ0v) is 10.5. The van der Waals surface area contributed by atoms with Crippen LogP contribution in [0, 0.1) is 0 Å². The van der Waals surface area contributed by atoms with E-state index in [1.165, 1.54) is 0 Å². The van der Waals surface area contributed by atoms with E-state index in [4.69, 9.17) is 0 Å². The molecule has 1 saturated heterocycles. The number of hydrogen-bond donors (Lipinski definition) is 4. The summed E-state index contributed by atoms with van der Waals surface area (Å²) in [5.41, 5.74) is 0. The van der Waals surface area contributed by atoms with E-state index in [-0.39, 0.29) is 41.7 Å². The quantitative estimate of drug-likeness (QED) is 0.256. The van der Waals surface area contributed by atoms with Gasteiger partial charge in [0.1, 0.15) is 0 Å². The fourth-order valence-electron chi connectivity index (χ4n) is 0.801. The minimum Gasteiger partial charge on any atom is -1.00 e. The summed E-state index contributed by atoms with van der Waals surface area (Å²) in [6.07, 6.45) is 0. The third-order valence-corrected chi connectivity index (χ3v) is 2.10. The molecule has 1 fully saturated rings. The Kier molecular flexibility index (Phi) is 6.69. The molecule has 2 atom stereocenters. The first-order valence-electron chi connectivity index (χ1n) is 2.74. The average Bonchev–Trinajstić information content (AvgIpc) is 1.59. The summed E-state index contributed by atoms with van der Waals surface area (Å²) in [5, 5.41) is 3.56. The fraction of sp³-hybridized carbons (Fsp3) is 1.00. The molecule has 2 nitrogen and oxygen atoms in total. The Morgan fingerprint density at radius 3 is 2.00 bits per heavy atom. The molecule has 1 heterocycles. The van der Waals surface area contributed by atoms with Gasteiger partial charge in [0.2, 0.25) is 0 Å². The minimum absolute atomic E-state index is 0. The van der Waals surface area contributed by atoms with Crippen molar-refractivity contribution in [2.45, 2.75) is 10.7 Å². The summed E-state index contributed by atoms with van der Waals surface area (Å²) < 4.78 is 1.91. The summed E-state index contributed by atoms with van der Waals surface area (Å²) in [5.74, 6) is 0. The summed E-state index contributed by atoms with van der Waals surface area (Å²) >= 11 is 12.6. The third-order valence-electron chi connectivity index (χ3n) is 1.15. The molecule has 1 N–H and O–H groups in total. The van der Waals surface area contributed by atoms with Crippen LogP contribution in [0.2, 0.25) is 0 Å². The molecule has 2 unspecified atom stereocenters. The molecule has 10 heavy (non-hydrogen) atoms. The van der Waals surface area contributed by atoms with Crippen molar-refractivity contribution in [3.05, 3.63) is 0 Å². The molecule has 1 aliphatic rings. The van der Waals surface area contributed by atoms with Crippen molar-refractivity contribution in [2.75, 3.05) is 13.1 Å².